The largest absolute Gasteiger partial charge is 0.386 e. The zero-order valence-corrected chi connectivity index (χ0v) is 9.72. The Morgan fingerprint density at radius 1 is 1.38 bits per heavy atom. The number of halogens is 1. The number of aromatic nitrogens is 2. The molecule has 0 amide bonds. The first-order valence-electron chi connectivity index (χ1n) is 5.09. The van der Waals surface area contributed by atoms with Gasteiger partial charge in [-0.3, -0.25) is 4.68 Å². The summed E-state index contributed by atoms with van der Waals surface area (Å²) >= 11 is 5.89. The van der Waals surface area contributed by atoms with Gasteiger partial charge in [-0.15, -0.1) is 0 Å². The molecule has 1 aromatic carbocycles. The van der Waals surface area contributed by atoms with E-state index in [1.54, 1.807) is 10.9 Å². The lowest BCUT2D eigenvalue weighted by atomic mass is 10.1. The Balaban J connectivity index is 2.11. The van der Waals surface area contributed by atoms with E-state index in [2.05, 4.69) is 5.10 Å². The second-order valence-corrected chi connectivity index (χ2v) is 4.12. The van der Waals surface area contributed by atoms with Crippen LogP contribution in [0.25, 0.3) is 0 Å². The van der Waals surface area contributed by atoms with Crippen molar-refractivity contribution in [3.63, 3.8) is 0 Å². The molecular weight excluding hydrogens is 224 g/mol. The van der Waals surface area contributed by atoms with Gasteiger partial charge in [-0.1, -0.05) is 41.9 Å². The quantitative estimate of drug-likeness (QED) is 0.890. The maximum Gasteiger partial charge on any atom is 0.0985 e. The number of hydrogen-bond donors (Lipinski definition) is 1. The Bertz CT molecular complexity index is 448. The summed E-state index contributed by atoms with van der Waals surface area (Å²) in [6, 6.07) is 9.51. The number of rotatable bonds is 3. The van der Waals surface area contributed by atoms with Crippen LogP contribution in [-0.4, -0.2) is 14.9 Å². The van der Waals surface area contributed by atoms with Crippen molar-refractivity contribution in [1.82, 2.24) is 9.78 Å². The van der Waals surface area contributed by atoms with E-state index in [1.165, 1.54) is 0 Å². The van der Waals surface area contributed by atoms with Gasteiger partial charge < -0.3 is 5.11 Å². The molecule has 0 fully saturated rings. The van der Waals surface area contributed by atoms with Crippen LogP contribution in [0.1, 0.15) is 17.4 Å². The Morgan fingerprint density at radius 3 is 2.62 bits per heavy atom. The Hall–Kier alpha value is -1.32. The molecule has 0 spiro atoms. The van der Waals surface area contributed by atoms with Gasteiger partial charge in [0.25, 0.3) is 0 Å². The van der Waals surface area contributed by atoms with Crippen molar-refractivity contribution in [3.05, 3.63) is 52.8 Å². The molecule has 0 radical (unpaired) electrons. The van der Waals surface area contributed by atoms with Gasteiger partial charge in [0.15, 0.2) is 0 Å². The third-order valence-electron chi connectivity index (χ3n) is 2.43. The fourth-order valence-electron chi connectivity index (χ4n) is 1.54. The molecule has 84 valence electrons. The molecular formula is C12H13ClN2O. The van der Waals surface area contributed by atoms with E-state index in [0.29, 0.717) is 11.6 Å². The molecule has 4 heteroatoms. The first kappa shape index (κ1) is 11.2. The van der Waals surface area contributed by atoms with Crippen LogP contribution >= 0.6 is 11.6 Å². The average molecular weight is 237 g/mol. The highest BCUT2D eigenvalue weighted by Gasteiger charge is 2.09. The third kappa shape index (κ3) is 2.43. The summed E-state index contributed by atoms with van der Waals surface area (Å²) in [6.07, 6.45) is 1.17. The molecule has 0 bridgehead atoms. The van der Waals surface area contributed by atoms with Crippen molar-refractivity contribution in [1.29, 1.82) is 0 Å². The fraction of sp³-hybridized carbons (Fsp3) is 0.250. The zero-order chi connectivity index (χ0) is 11.5. The van der Waals surface area contributed by atoms with E-state index in [9.17, 15) is 5.11 Å². The van der Waals surface area contributed by atoms with Crippen LogP contribution in [0.2, 0.25) is 5.02 Å². The summed E-state index contributed by atoms with van der Waals surface area (Å²) in [5.74, 6) is 0. The number of benzene rings is 1. The first-order chi connectivity index (χ1) is 7.66. The summed E-state index contributed by atoms with van der Waals surface area (Å²) in [5.41, 5.74) is 1.66. The second-order valence-electron chi connectivity index (χ2n) is 3.71. The van der Waals surface area contributed by atoms with E-state index in [1.807, 2.05) is 37.3 Å². The Labute approximate surface area is 99.3 Å². The van der Waals surface area contributed by atoms with Gasteiger partial charge in [-0.05, 0) is 12.5 Å². The minimum Gasteiger partial charge on any atom is -0.386 e. The molecule has 3 nitrogen and oxygen atoms in total. The molecule has 0 aliphatic rings. The normalized spacial score (nSPS) is 12.7. The van der Waals surface area contributed by atoms with Crippen LogP contribution in [0.4, 0.5) is 0 Å². The monoisotopic (exact) mass is 236 g/mol. The van der Waals surface area contributed by atoms with E-state index in [4.69, 9.17) is 11.6 Å². The van der Waals surface area contributed by atoms with Crippen molar-refractivity contribution in [3.8, 4) is 0 Å². The van der Waals surface area contributed by atoms with Gasteiger partial charge in [-0.25, -0.2) is 0 Å². The van der Waals surface area contributed by atoms with Gasteiger partial charge in [0.05, 0.1) is 23.4 Å². The zero-order valence-electron chi connectivity index (χ0n) is 8.97. The highest BCUT2D eigenvalue weighted by atomic mass is 35.5. The molecule has 1 atom stereocenters. The van der Waals surface area contributed by atoms with Crippen molar-refractivity contribution in [2.45, 2.75) is 19.6 Å². The van der Waals surface area contributed by atoms with Gasteiger partial charge in [-0.2, -0.15) is 5.10 Å². The minimum atomic E-state index is -0.559. The van der Waals surface area contributed by atoms with Gasteiger partial charge in [0.2, 0.25) is 0 Å². The highest BCUT2D eigenvalue weighted by Crippen LogP contribution is 2.17. The predicted octanol–water partition coefficient (Wildman–Crippen LogP) is 2.58. The maximum atomic E-state index is 9.97. The highest BCUT2D eigenvalue weighted by molar-refractivity contribution is 6.31. The standard InChI is InChI=1S/C12H13ClN2O/c1-9-11(13)7-15(14-9)8-12(16)10-5-3-2-4-6-10/h2-7,12,16H,8H2,1H3. The minimum absolute atomic E-state index is 0.414. The number of aliphatic hydroxyl groups excluding tert-OH is 1. The van der Waals surface area contributed by atoms with Crippen molar-refractivity contribution < 1.29 is 5.11 Å². The Morgan fingerprint density at radius 2 is 2.06 bits per heavy atom. The maximum absolute atomic E-state index is 9.97. The third-order valence-corrected chi connectivity index (χ3v) is 2.80. The van der Waals surface area contributed by atoms with Crippen LogP contribution in [-0.2, 0) is 6.54 Å². The molecule has 1 N–H and O–H groups in total. The van der Waals surface area contributed by atoms with Gasteiger partial charge in [0.1, 0.15) is 0 Å². The molecule has 0 aliphatic carbocycles. The SMILES string of the molecule is Cc1nn(CC(O)c2ccccc2)cc1Cl. The topological polar surface area (TPSA) is 38.0 Å². The molecule has 0 aliphatic heterocycles. The number of aryl methyl sites for hydroxylation is 1. The fourth-order valence-corrected chi connectivity index (χ4v) is 1.70. The predicted molar refractivity (Wildman–Crippen MR) is 63.4 cm³/mol. The van der Waals surface area contributed by atoms with Crippen molar-refractivity contribution >= 4 is 11.6 Å². The number of nitrogens with zero attached hydrogens (tertiary/aromatic N) is 2. The summed E-state index contributed by atoms with van der Waals surface area (Å²) in [5, 5.41) is 14.8. The molecule has 2 aromatic rings. The van der Waals surface area contributed by atoms with Crippen molar-refractivity contribution in [2.24, 2.45) is 0 Å². The molecule has 2 rings (SSSR count). The summed E-state index contributed by atoms with van der Waals surface area (Å²) in [6.45, 7) is 2.26. The van der Waals surface area contributed by atoms with Crippen LogP contribution < -0.4 is 0 Å². The number of hydrogen-bond acceptors (Lipinski definition) is 2. The summed E-state index contributed by atoms with van der Waals surface area (Å²) < 4.78 is 1.66. The molecule has 0 saturated carbocycles. The lowest BCUT2D eigenvalue weighted by Crippen LogP contribution is -2.09. The van der Waals surface area contributed by atoms with Crippen LogP contribution in [0, 0.1) is 6.92 Å². The second kappa shape index (κ2) is 4.68. The molecule has 1 aromatic heterocycles. The van der Waals surface area contributed by atoms with Crippen LogP contribution in [0.3, 0.4) is 0 Å². The first-order valence-corrected chi connectivity index (χ1v) is 5.47. The van der Waals surface area contributed by atoms with E-state index in [0.717, 1.165) is 11.3 Å². The van der Waals surface area contributed by atoms with Gasteiger partial charge in [0, 0.05) is 6.20 Å². The van der Waals surface area contributed by atoms with E-state index in [-0.39, 0.29) is 0 Å². The number of aliphatic hydroxyl groups is 1. The molecule has 1 heterocycles. The summed E-state index contributed by atoms with van der Waals surface area (Å²) in [4.78, 5) is 0. The Kier molecular flexibility index (Phi) is 3.27. The lowest BCUT2D eigenvalue weighted by Gasteiger charge is -2.10. The molecule has 16 heavy (non-hydrogen) atoms. The van der Waals surface area contributed by atoms with Crippen LogP contribution in [0.15, 0.2) is 36.5 Å². The average Bonchev–Trinajstić information content (AvgIpc) is 2.59. The van der Waals surface area contributed by atoms with E-state index < -0.39 is 6.10 Å². The smallest absolute Gasteiger partial charge is 0.0985 e. The van der Waals surface area contributed by atoms with E-state index >= 15 is 0 Å². The molecule has 1 unspecified atom stereocenters. The molecule has 0 saturated heterocycles. The summed E-state index contributed by atoms with van der Waals surface area (Å²) in [7, 11) is 0. The lowest BCUT2D eigenvalue weighted by molar-refractivity contribution is 0.151. The van der Waals surface area contributed by atoms with Crippen molar-refractivity contribution in [2.75, 3.05) is 0 Å². The van der Waals surface area contributed by atoms with Crippen LogP contribution in [0.5, 0.6) is 0 Å². The van der Waals surface area contributed by atoms with Gasteiger partial charge >= 0.3 is 0 Å².